The highest BCUT2D eigenvalue weighted by Crippen LogP contribution is 2.46. The lowest BCUT2D eigenvalue weighted by molar-refractivity contribution is 1.08. The lowest BCUT2D eigenvalue weighted by atomic mass is 9.95. The van der Waals surface area contributed by atoms with Crippen molar-refractivity contribution in [3.05, 3.63) is 158 Å². The van der Waals surface area contributed by atoms with Crippen LogP contribution in [-0.4, -0.2) is 19.9 Å². The highest BCUT2D eigenvalue weighted by atomic mass is 32.1. The van der Waals surface area contributed by atoms with Crippen molar-refractivity contribution in [2.24, 2.45) is 0 Å². The van der Waals surface area contributed by atoms with Gasteiger partial charge in [-0.25, -0.2) is 19.9 Å². The molecule has 0 unspecified atom stereocenters. The van der Waals surface area contributed by atoms with Crippen LogP contribution in [0.1, 0.15) is 0 Å². The normalized spacial score (nSPS) is 11.6. The predicted molar refractivity (Wildman–Crippen MR) is 211 cm³/mol. The topological polar surface area (TPSA) is 51.6 Å². The van der Waals surface area contributed by atoms with E-state index in [9.17, 15) is 0 Å². The van der Waals surface area contributed by atoms with Gasteiger partial charge in [0.25, 0.3) is 0 Å². The van der Waals surface area contributed by atoms with Crippen LogP contribution in [0.2, 0.25) is 0 Å². The van der Waals surface area contributed by atoms with E-state index in [1.807, 2.05) is 24.3 Å². The van der Waals surface area contributed by atoms with Gasteiger partial charge < -0.3 is 0 Å². The molecule has 0 N–H and O–H groups in total. The van der Waals surface area contributed by atoms with E-state index in [1.165, 1.54) is 20.2 Å². The first kappa shape index (κ1) is 28.9. The van der Waals surface area contributed by atoms with Gasteiger partial charge in [0, 0.05) is 42.4 Å². The summed E-state index contributed by atoms with van der Waals surface area (Å²) in [4.78, 5) is 21.0. The molecule has 0 aliphatic carbocycles. The number of hydrogen-bond acceptors (Lipinski definition) is 6. The third-order valence-corrected chi connectivity index (χ3v) is 11.4. The summed E-state index contributed by atoms with van der Waals surface area (Å²) in [6.45, 7) is 0. The van der Waals surface area contributed by atoms with Crippen LogP contribution in [0.4, 0.5) is 0 Å². The SMILES string of the molecule is c1ccc(-c2nc(-c3cc(-c4ccccc4)c4ccccc4c3)nc(-c3c4sc(-c5ccccc5)nc4cc4sc5ccccc5c34)n2)cc1. The molecule has 234 valence electrons. The fourth-order valence-electron chi connectivity index (χ4n) is 6.82. The minimum absolute atomic E-state index is 0.634. The smallest absolute Gasteiger partial charge is 0.166 e. The number of fused-ring (bicyclic) bond motifs is 5. The Morgan fingerprint density at radius 2 is 1.00 bits per heavy atom. The van der Waals surface area contributed by atoms with Crippen LogP contribution in [0.5, 0.6) is 0 Å². The maximum atomic E-state index is 5.37. The zero-order chi connectivity index (χ0) is 33.0. The van der Waals surface area contributed by atoms with Crippen LogP contribution in [0, 0.1) is 0 Å². The molecule has 0 saturated carbocycles. The van der Waals surface area contributed by atoms with Gasteiger partial charge in [0.2, 0.25) is 0 Å². The second-order valence-corrected chi connectivity index (χ2v) is 14.3. The zero-order valence-corrected chi connectivity index (χ0v) is 28.2. The van der Waals surface area contributed by atoms with Crippen LogP contribution in [0.25, 0.3) is 97.0 Å². The van der Waals surface area contributed by atoms with Crippen molar-refractivity contribution >= 4 is 63.8 Å². The van der Waals surface area contributed by atoms with Gasteiger partial charge in [-0.15, -0.1) is 22.7 Å². The first-order valence-corrected chi connectivity index (χ1v) is 18.1. The van der Waals surface area contributed by atoms with Crippen LogP contribution < -0.4 is 0 Å². The molecule has 10 rings (SSSR count). The van der Waals surface area contributed by atoms with Crippen molar-refractivity contribution in [2.45, 2.75) is 0 Å². The molecule has 0 saturated heterocycles. The number of thiophene rings is 1. The maximum Gasteiger partial charge on any atom is 0.166 e. The summed E-state index contributed by atoms with van der Waals surface area (Å²) < 4.78 is 3.46. The monoisotopic (exact) mass is 674 g/mol. The Labute approximate surface area is 296 Å². The highest BCUT2D eigenvalue weighted by molar-refractivity contribution is 7.26. The standard InChI is InChI=1S/C44H26N4S2/c1-4-14-27(15-5-1)34-25-31(24-30-20-10-11-21-32(30)34)42-46-41(28-16-6-2-7-17-28)47-43(48-42)39-38-33-22-12-13-23-36(33)49-37(38)26-35-40(39)50-44(45-35)29-18-8-3-9-19-29/h1-26H. The molecule has 10 aromatic rings. The van der Waals surface area contributed by atoms with E-state index in [0.717, 1.165) is 59.4 Å². The summed E-state index contributed by atoms with van der Waals surface area (Å²) in [7, 11) is 0. The highest BCUT2D eigenvalue weighted by Gasteiger charge is 2.23. The molecule has 0 fully saturated rings. The number of thiazole rings is 1. The molecule has 0 spiro atoms. The summed E-state index contributed by atoms with van der Waals surface area (Å²) in [5.41, 5.74) is 7.22. The molecule has 7 aromatic carbocycles. The summed E-state index contributed by atoms with van der Waals surface area (Å²) >= 11 is 3.48. The lowest BCUT2D eigenvalue weighted by Crippen LogP contribution is -2.01. The summed E-state index contributed by atoms with van der Waals surface area (Å²) in [6.07, 6.45) is 0. The Balaban J connectivity index is 1.30. The van der Waals surface area contributed by atoms with Gasteiger partial charge in [0.1, 0.15) is 5.01 Å². The maximum absolute atomic E-state index is 5.37. The molecular formula is C44H26N4S2. The molecule has 0 aliphatic heterocycles. The Morgan fingerprint density at radius 3 is 1.76 bits per heavy atom. The molecular weight excluding hydrogens is 649 g/mol. The minimum Gasteiger partial charge on any atom is -0.236 e. The molecule has 4 nitrogen and oxygen atoms in total. The lowest BCUT2D eigenvalue weighted by Gasteiger charge is -2.13. The van der Waals surface area contributed by atoms with Gasteiger partial charge in [-0.05, 0) is 46.2 Å². The van der Waals surface area contributed by atoms with Crippen molar-refractivity contribution in [1.29, 1.82) is 0 Å². The van der Waals surface area contributed by atoms with Gasteiger partial charge in [0.05, 0.1) is 10.2 Å². The van der Waals surface area contributed by atoms with Gasteiger partial charge >= 0.3 is 0 Å². The van der Waals surface area contributed by atoms with Crippen LogP contribution in [0.15, 0.2) is 158 Å². The van der Waals surface area contributed by atoms with E-state index in [1.54, 1.807) is 22.7 Å². The third-order valence-electron chi connectivity index (χ3n) is 9.14. The van der Waals surface area contributed by atoms with Gasteiger partial charge in [-0.1, -0.05) is 133 Å². The predicted octanol–water partition coefficient (Wildman–Crippen LogP) is 12.3. The molecule has 50 heavy (non-hydrogen) atoms. The van der Waals surface area contributed by atoms with Crippen LogP contribution >= 0.6 is 22.7 Å². The van der Waals surface area contributed by atoms with Gasteiger partial charge in [-0.2, -0.15) is 0 Å². The number of rotatable bonds is 5. The third kappa shape index (κ3) is 4.88. The van der Waals surface area contributed by atoms with E-state index in [2.05, 4.69) is 133 Å². The van der Waals surface area contributed by atoms with Crippen molar-refractivity contribution < 1.29 is 0 Å². The Morgan fingerprint density at radius 1 is 0.400 bits per heavy atom. The van der Waals surface area contributed by atoms with E-state index >= 15 is 0 Å². The Kier molecular flexibility index (Phi) is 6.82. The second-order valence-electron chi connectivity index (χ2n) is 12.2. The Hall–Kier alpha value is -6.08. The largest absolute Gasteiger partial charge is 0.236 e. The van der Waals surface area contributed by atoms with Crippen LogP contribution in [0.3, 0.4) is 0 Å². The van der Waals surface area contributed by atoms with E-state index in [0.29, 0.717) is 17.5 Å². The van der Waals surface area contributed by atoms with Crippen molar-refractivity contribution in [2.75, 3.05) is 0 Å². The minimum atomic E-state index is 0.634. The summed E-state index contributed by atoms with van der Waals surface area (Å²) in [5.74, 6) is 1.91. The fourth-order valence-corrected chi connectivity index (χ4v) is 9.06. The van der Waals surface area contributed by atoms with Crippen LogP contribution in [-0.2, 0) is 0 Å². The fraction of sp³-hybridized carbons (Fsp3) is 0. The first-order chi connectivity index (χ1) is 24.8. The molecule has 3 heterocycles. The van der Waals surface area contributed by atoms with Gasteiger partial charge in [0.15, 0.2) is 17.5 Å². The van der Waals surface area contributed by atoms with Gasteiger partial charge in [-0.3, -0.25) is 0 Å². The summed E-state index contributed by atoms with van der Waals surface area (Å²) in [5, 5.41) is 5.65. The zero-order valence-electron chi connectivity index (χ0n) is 26.6. The second kappa shape index (κ2) is 11.8. The summed E-state index contributed by atoms with van der Waals surface area (Å²) in [6, 6.07) is 54.9. The molecule has 6 heteroatoms. The average Bonchev–Trinajstić information content (AvgIpc) is 3.79. The average molecular weight is 675 g/mol. The number of benzene rings is 7. The molecule has 0 amide bonds. The van der Waals surface area contributed by atoms with E-state index in [-0.39, 0.29) is 0 Å². The molecule has 0 aliphatic rings. The quantitative estimate of drug-likeness (QED) is 0.182. The van der Waals surface area contributed by atoms with Crippen molar-refractivity contribution in [3.63, 3.8) is 0 Å². The van der Waals surface area contributed by atoms with Crippen molar-refractivity contribution in [1.82, 2.24) is 19.9 Å². The van der Waals surface area contributed by atoms with E-state index < -0.39 is 0 Å². The Bertz CT molecular complexity index is 2860. The number of nitrogens with zero attached hydrogens (tertiary/aromatic N) is 4. The number of hydrogen-bond donors (Lipinski definition) is 0. The van der Waals surface area contributed by atoms with E-state index in [4.69, 9.17) is 19.9 Å². The molecule has 0 atom stereocenters. The number of aromatic nitrogens is 4. The first-order valence-electron chi connectivity index (χ1n) is 16.5. The molecule has 0 radical (unpaired) electrons. The molecule has 0 bridgehead atoms. The molecule has 3 aromatic heterocycles. The van der Waals surface area contributed by atoms with Crippen molar-refractivity contribution in [3.8, 4) is 55.9 Å².